The van der Waals surface area contributed by atoms with Crippen molar-refractivity contribution in [3.8, 4) is 0 Å². The standard InChI is InChI=1S/C19H23NO4/c1-13(2)16-8-4-6-14(3)19(16)20-17(21)12-24-18(22)10-9-15-7-5-11-23-15/h4-8,11,13H,9-10,12H2,1-3H3,(H,20,21). The molecule has 1 heterocycles. The van der Waals surface area contributed by atoms with E-state index in [1.54, 1.807) is 18.4 Å². The summed E-state index contributed by atoms with van der Waals surface area (Å²) in [5.41, 5.74) is 2.84. The molecule has 5 heteroatoms. The highest BCUT2D eigenvalue weighted by molar-refractivity contribution is 5.94. The number of carbonyl (C=O) groups excluding carboxylic acids is 2. The van der Waals surface area contributed by atoms with Crippen LogP contribution in [0.15, 0.2) is 41.0 Å². The lowest BCUT2D eigenvalue weighted by molar-refractivity contribution is -0.147. The number of esters is 1. The first-order valence-corrected chi connectivity index (χ1v) is 8.04. The quantitative estimate of drug-likeness (QED) is 0.784. The Kier molecular flexibility index (Phi) is 6.18. The van der Waals surface area contributed by atoms with Crippen LogP contribution in [0.5, 0.6) is 0 Å². The number of anilines is 1. The Bertz CT molecular complexity index is 689. The van der Waals surface area contributed by atoms with Gasteiger partial charge in [0.1, 0.15) is 5.76 Å². The highest BCUT2D eigenvalue weighted by Crippen LogP contribution is 2.27. The van der Waals surface area contributed by atoms with E-state index in [-0.39, 0.29) is 24.9 Å². The maximum absolute atomic E-state index is 12.1. The van der Waals surface area contributed by atoms with E-state index in [1.807, 2.05) is 25.1 Å². The minimum atomic E-state index is -0.421. The Morgan fingerprint density at radius 2 is 2.00 bits per heavy atom. The van der Waals surface area contributed by atoms with Crippen LogP contribution in [0.4, 0.5) is 5.69 Å². The molecular formula is C19H23NO4. The Hall–Kier alpha value is -2.56. The first-order chi connectivity index (χ1) is 11.5. The molecule has 128 valence electrons. The molecule has 1 amide bonds. The van der Waals surface area contributed by atoms with Crippen LogP contribution < -0.4 is 5.32 Å². The number of para-hydroxylation sites is 1. The molecule has 0 aliphatic rings. The molecule has 5 nitrogen and oxygen atoms in total. The summed E-state index contributed by atoms with van der Waals surface area (Å²) >= 11 is 0. The molecule has 0 aliphatic heterocycles. The fourth-order valence-corrected chi connectivity index (χ4v) is 2.42. The summed E-state index contributed by atoms with van der Waals surface area (Å²) in [5.74, 6) is 0.252. The van der Waals surface area contributed by atoms with Gasteiger partial charge in [0.15, 0.2) is 6.61 Å². The highest BCUT2D eigenvalue weighted by Gasteiger charge is 2.13. The van der Waals surface area contributed by atoms with Crippen LogP contribution in [0.3, 0.4) is 0 Å². The number of hydrogen-bond donors (Lipinski definition) is 1. The second kappa shape index (κ2) is 8.34. The predicted octanol–water partition coefficient (Wildman–Crippen LogP) is 3.83. The molecular weight excluding hydrogens is 306 g/mol. The number of rotatable bonds is 7. The molecule has 1 aromatic carbocycles. The van der Waals surface area contributed by atoms with Gasteiger partial charge in [-0.05, 0) is 36.1 Å². The number of benzene rings is 1. The van der Waals surface area contributed by atoms with Gasteiger partial charge in [-0.2, -0.15) is 0 Å². The zero-order valence-electron chi connectivity index (χ0n) is 14.3. The third-order valence-electron chi connectivity index (χ3n) is 3.71. The number of nitrogens with one attached hydrogen (secondary N) is 1. The van der Waals surface area contributed by atoms with E-state index in [0.717, 1.165) is 22.6 Å². The van der Waals surface area contributed by atoms with E-state index in [9.17, 15) is 9.59 Å². The van der Waals surface area contributed by atoms with Gasteiger partial charge < -0.3 is 14.5 Å². The van der Waals surface area contributed by atoms with Gasteiger partial charge in [0, 0.05) is 12.1 Å². The highest BCUT2D eigenvalue weighted by atomic mass is 16.5. The maximum Gasteiger partial charge on any atom is 0.306 e. The summed E-state index contributed by atoms with van der Waals surface area (Å²) in [7, 11) is 0. The zero-order chi connectivity index (χ0) is 17.5. The largest absolute Gasteiger partial charge is 0.469 e. The van der Waals surface area contributed by atoms with E-state index < -0.39 is 5.97 Å². The Morgan fingerprint density at radius 3 is 2.67 bits per heavy atom. The molecule has 2 rings (SSSR count). The second-order valence-corrected chi connectivity index (χ2v) is 5.98. The maximum atomic E-state index is 12.1. The van der Waals surface area contributed by atoms with E-state index in [1.165, 1.54) is 0 Å². The summed E-state index contributed by atoms with van der Waals surface area (Å²) in [4.78, 5) is 23.8. The molecule has 0 aliphatic carbocycles. The number of aryl methyl sites for hydroxylation is 2. The van der Waals surface area contributed by atoms with Gasteiger partial charge in [-0.1, -0.05) is 32.0 Å². The first kappa shape index (κ1) is 17.8. The van der Waals surface area contributed by atoms with Crippen molar-refractivity contribution in [1.82, 2.24) is 0 Å². The van der Waals surface area contributed by atoms with Crippen molar-refractivity contribution >= 4 is 17.6 Å². The number of amides is 1. The van der Waals surface area contributed by atoms with Gasteiger partial charge in [-0.25, -0.2) is 0 Å². The van der Waals surface area contributed by atoms with Crippen molar-refractivity contribution < 1.29 is 18.7 Å². The Morgan fingerprint density at radius 1 is 1.21 bits per heavy atom. The second-order valence-electron chi connectivity index (χ2n) is 5.98. The molecule has 0 saturated heterocycles. The van der Waals surface area contributed by atoms with Gasteiger partial charge >= 0.3 is 5.97 Å². The van der Waals surface area contributed by atoms with Gasteiger partial charge in [-0.15, -0.1) is 0 Å². The molecule has 0 fully saturated rings. The Balaban J connectivity index is 1.84. The summed E-state index contributed by atoms with van der Waals surface area (Å²) in [6.07, 6.45) is 2.20. The average molecular weight is 329 g/mol. The van der Waals surface area contributed by atoms with Gasteiger partial charge in [0.05, 0.1) is 12.7 Å². The smallest absolute Gasteiger partial charge is 0.306 e. The van der Waals surface area contributed by atoms with Crippen LogP contribution >= 0.6 is 0 Å². The molecule has 0 radical (unpaired) electrons. The lowest BCUT2D eigenvalue weighted by atomic mass is 9.98. The molecule has 24 heavy (non-hydrogen) atoms. The molecule has 2 aromatic rings. The van der Waals surface area contributed by atoms with E-state index >= 15 is 0 Å². The fourth-order valence-electron chi connectivity index (χ4n) is 2.42. The van der Waals surface area contributed by atoms with Crippen molar-refractivity contribution in [1.29, 1.82) is 0 Å². The van der Waals surface area contributed by atoms with Crippen LogP contribution in [0, 0.1) is 6.92 Å². The number of carbonyl (C=O) groups is 2. The molecule has 1 aromatic heterocycles. The van der Waals surface area contributed by atoms with E-state index in [0.29, 0.717) is 6.42 Å². The Labute approximate surface area is 142 Å². The molecule has 0 saturated carbocycles. The van der Waals surface area contributed by atoms with Crippen molar-refractivity contribution in [2.75, 3.05) is 11.9 Å². The minimum Gasteiger partial charge on any atom is -0.469 e. The summed E-state index contributed by atoms with van der Waals surface area (Å²) in [6.45, 7) is 5.79. The number of furan rings is 1. The van der Waals surface area contributed by atoms with Crippen LogP contribution in [0.1, 0.15) is 43.1 Å². The average Bonchev–Trinajstić information content (AvgIpc) is 3.06. The van der Waals surface area contributed by atoms with Gasteiger partial charge in [0.2, 0.25) is 0 Å². The van der Waals surface area contributed by atoms with E-state index in [4.69, 9.17) is 9.15 Å². The van der Waals surface area contributed by atoms with Gasteiger partial charge in [0.25, 0.3) is 5.91 Å². The number of hydrogen-bond acceptors (Lipinski definition) is 4. The van der Waals surface area contributed by atoms with Crippen LogP contribution in [0.2, 0.25) is 0 Å². The predicted molar refractivity (Wildman–Crippen MR) is 91.9 cm³/mol. The van der Waals surface area contributed by atoms with Crippen molar-refractivity contribution in [3.63, 3.8) is 0 Å². The molecule has 0 unspecified atom stereocenters. The molecule has 1 N–H and O–H groups in total. The van der Waals surface area contributed by atoms with Crippen molar-refractivity contribution in [2.45, 2.75) is 39.5 Å². The lowest BCUT2D eigenvalue weighted by Gasteiger charge is -2.16. The van der Waals surface area contributed by atoms with E-state index in [2.05, 4.69) is 19.2 Å². The van der Waals surface area contributed by atoms with Gasteiger partial charge in [-0.3, -0.25) is 9.59 Å². The molecule has 0 atom stereocenters. The minimum absolute atomic E-state index is 0.183. The third-order valence-corrected chi connectivity index (χ3v) is 3.71. The third kappa shape index (κ3) is 4.98. The van der Waals surface area contributed by atoms with Crippen molar-refractivity contribution in [3.05, 3.63) is 53.5 Å². The molecule has 0 bridgehead atoms. The van der Waals surface area contributed by atoms with Crippen LogP contribution in [-0.2, 0) is 20.7 Å². The molecule has 0 spiro atoms. The van der Waals surface area contributed by atoms with Crippen LogP contribution in [-0.4, -0.2) is 18.5 Å². The SMILES string of the molecule is Cc1cccc(C(C)C)c1NC(=O)COC(=O)CCc1ccco1. The lowest BCUT2D eigenvalue weighted by Crippen LogP contribution is -2.22. The topological polar surface area (TPSA) is 68.5 Å². The monoisotopic (exact) mass is 329 g/mol. The fraction of sp³-hybridized carbons (Fsp3) is 0.368. The summed E-state index contributed by atoms with van der Waals surface area (Å²) in [5, 5.41) is 2.85. The normalized spacial score (nSPS) is 10.7. The summed E-state index contributed by atoms with van der Waals surface area (Å²) < 4.78 is 10.2. The zero-order valence-corrected chi connectivity index (χ0v) is 14.3. The first-order valence-electron chi connectivity index (χ1n) is 8.04. The van der Waals surface area contributed by atoms with Crippen LogP contribution in [0.25, 0.3) is 0 Å². The summed E-state index contributed by atoms with van der Waals surface area (Å²) in [6, 6.07) is 9.46. The number of ether oxygens (including phenoxy) is 1. The van der Waals surface area contributed by atoms with Crippen molar-refractivity contribution in [2.24, 2.45) is 0 Å².